The highest BCUT2D eigenvalue weighted by molar-refractivity contribution is 5.74. The largest absolute Gasteiger partial charge is 0.488 e. The number of aryl methyl sites for hydroxylation is 1. The first-order valence-corrected chi connectivity index (χ1v) is 10.5. The number of carbonyl (C=O) groups is 1. The molecule has 0 aliphatic heterocycles. The number of esters is 1. The normalized spacial score (nSPS) is 11.8. The molecule has 0 saturated carbocycles. The van der Waals surface area contributed by atoms with E-state index >= 15 is 0 Å². The van der Waals surface area contributed by atoms with Crippen LogP contribution in [0.2, 0.25) is 0 Å². The van der Waals surface area contributed by atoms with Crippen LogP contribution in [-0.4, -0.2) is 51.4 Å². The molecule has 1 unspecified atom stereocenters. The van der Waals surface area contributed by atoms with Gasteiger partial charge >= 0.3 is 17.3 Å². The summed E-state index contributed by atoms with van der Waals surface area (Å²) in [5.41, 5.74) is 0.353. The molecular weight excluding hydrogens is 466 g/mol. The number of ether oxygens (including phenoxy) is 2. The van der Waals surface area contributed by atoms with E-state index in [4.69, 9.17) is 4.74 Å². The third-order valence-corrected chi connectivity index (χ3v) is 4.93. The van der Waals surface area contributed by atoms with Crippen LogP contribution in [0.25, 0.3) is 0 Å². The zero-order valence-corrected chi connectivity index (χ0v) is 19.0. The Morgan fingerprint density at radius 1 is 1.09 bits per heavy atom. The van der Waals surface area contributed by atoms with Crippen molar-refractivity contribution in [3.63, 3.8) is 0 Å². The van der Waals surface area contributed by atoms with Crippen molar-refractivity contribution in [3.05, 3.63) is 80.6 Å². The standard InChI is InChI=1S/C23H24F2N4O6/c1-14-3-5-15(6-4-14)11-28-21(26-16-7-9-17(10-8-16)35-13-19(24)25)27-22(32)29(23(28)33)12-18(30)20(31)34-2/h3-10,18-19,30H,11-13H2,1-2H3,(H,26,27,32). The van der Waals surface area contributed by atoms with Gasteiger partial charge in [0.2, 0.25) is 5.95 Å². The Morgan fingerprint density at radius 3 is 2.34 bits per heavy atom. The number of anilines is 2. The van der Waals surface area contributed by atoms with Gasteiger partial charge in [-0.3, -0.25) is 4.57 Å². The second kappa shape index (κ2) is 11.4. The Morgan fingerprint density at radius 2 is 1.74 bits per heavy atom. The van der Waals surface area contributed by atoms with Gasteiger partial charge < -0.3 is 19.9 Å². The van der Waals surface area contributed by atoms with Gasteiger partial charge in [-0.15, -0.1) is 0 Å². The van der Waals surface area contributed by atoms with Gasteiger partial charge in [-0.25, -0.2) is 27.7 Å². The smallest absolute Gasteiger partial charge is 0.355 e. The zero-order chi connectivity index (χ0) is 25.5. The van der Waals surface area contributed by atoms with Gasteiger partial charge in [-0.2, -0.15) is 4.98 Å². The highest BCUT2D eigenvalue weighted by Gasteiger charge is 2.21. The molecule has 3 aromatic rings. The average molecular weight is 490 g/mol. The monoisotopic (exact) mass is 490 g/mol. The first-order valence-electron chi connectivity index (χ1n) is 10.5. The van der Waals surface area contributed by atoms with Crippen molar-refractivity contribution in [2.75, 3.05) is 19.0 Å². The molecule has 0 radical (unpaired) electrons. The van der Waals surface area contributed by atoms with Gasteiger partial charge in [-0.1, -0.05) is 29.8 Å². The maximum atomic E-state index is 13.2. The summed E-state index contributed by atoms with van der Waals surface area (Å²) in [5, 5.41) is 12.8. The van der Waals surface area contributed by atoms with Crippen molar-refractivity contribution in [1.29, 1.82) is 0 Å². The van der Waals surface area contributed by atoms with E-state index in [-0.39, 0.29) is 18.2 Å². The van der Waals surface area contributed by atoms with Crippen LogP contribution in [0.5, 0.6) is 5.75 Å². The molecule has 0 amide bonds. The van der Waals surface area contributed by atoms with Crippen LogP contribution < -0.4 is 21.4 Å². The van der Waals surface area contributed by atoms with E-state index in [1.54, 1.807) is 12.1 Å². The number of alkyl halides is 2. The first kappa shape index (κ1) is 25.6. The summed E-state index contributed by atoms with van der Waals surface area (Å²) in [7, 11) is 1.07. The van der Waals surface area contributed by atoms with Crippen molar-refractivity contribution in [1.82, 2.24) is 14.1 Å². The Labute approximate surface area is 198 Å². The lowest BCUT2D eigenvalue weighted by atomic mass is 10.1. The molecule has 1 heterocycles. The zero-order valence-electron chi connectivity index (χ0n) is 19.0. The van der Waals surface area contributed by atoms with Crippen LogP contribution in [0.15, 0.2) is 58.1 Å². The summed E-state index contributed by atoms with van der Waals surface area (Å²) in [5.74, 6) is -0.878. The Hall–Kier alpha value is -4.06. The molecule has 2 N–H and O–H groups in total. The fourth-order valence-electron chi connectivity index (χ4n) is 3.11. The van der Waals surface area contributed by atoms with Crippen molar-refractivity contribution in [2.24, 2.45) is 0 Å². The highest BCUT2D eigenvalue weighted by atomic mass is 19.3. The van der Waals surface area contributed by atoms with Crippen LogP contribution in [0.3, 0.4) is 0 Å². The fraction of sp³-hybridized carbons (Fsp3) is 0.304. The van der Waals surface area contributed by atoms with Gasteiger partial charge in [0.1, 0.15) is 12.4 Å². The van der Waals surface area contributed by atoms with Gasteiger partial charge in [-0.05, 0) is 36.8 Å². The number of halogens is 2. The van der Waals surface area contributed by atoms with Crippen molar-refractivity contribution in [2.45, 2.75) is 32.5 Å². The molecule has 1 atom stereocenters. The molecule has 0 fully saturated rings. The second-order valence-corrected chi connectivity index (χ2v) is 7.57. The molecule has 3 rings (SSSR count). The SMILES string of the molecule is COC(=O)C(O)Cn1c(=O)nc(Nc2ccc(OCC(F)F)cc2)n(Cc2ccc(C)cc2)c1=O. The van der Waals surface area contributed by atoms with E-state index < -0.39 is 43.0 Å². The number of hydrogen-bond acceptors (Lipinski definition) is 8. The van der Waals surface area contributed by atoms with Gasteiger partial charge in [0.05, 0.1) is 20.2 Å². The summed E-state index contributed by atoms with van der Waals surface area (Å²) in [4.78, 5) is 41.3. The predicted molar refractivity (Wildman–Crippen MR) is 122 cm³/mol. The third kappa shape index (κ3) is 6.73. The maximum absolute atomic E-state index is 13.2. The average Bonchev–Trinajstić information content (AvgIpc) is 2.84. The molecule has 186 valence electrons. The van der Waals surface area contributed by atoms with Crippen LogP contribution in [0.1, 0.15) is 11.1 Å². The lowest BCUT2D eigenvalue weighted by Gasteiger charge is -2.17. The number of nitrogens with zero attached hydrogens (tertiary/aromatic N) is 3. The van der Waals surface area contributed by atoms with Gasteiger partial charge in [0, 0.05) is 5.69 Å². The summed E-state index contributed by atoms with van der Waals surface area (Å²) in [6, 6.07) is 13.2. The number of carbonyl (C=O) groups excluding carboxylic acids is 1. The number of methoxy groups -OCH3 is 1. The minimum atomic E-state index is -2.61. The Bertz CT molecular complexity index is 1270. The summed E-state index contributed by atoms with van der Waals surface area (Å²) >= 11 is 0. The first-order chi connectivity index (χ1) is 16.7. The molecule has 2 aromatic carbocycles. The van der Waals surface area contributed by atoms with E-state index in [9.17, 15) is 28.3 Å². The molecule has 10 nitrogen and oxygen atoms in total. The third-order valence-electron chi connectivity index (χ3n) is 4.93. The highest BCUT2D eigenvalue weighted by Crippen LogP contribution is 2.19. The number of nitrogens with one attached hydrogen (secondary N) is 1. The van der Waals surface area contributed by atoms with E-state index in [0.29, 0.717) is 10.3 Å². The van der Waals surface area contributed by atoms with E-state index in [1.807, 2.05) is 19.1 Å². The molecule has 12 heteroatoms. The number of aromatic nitrogens is 3. The van der Waals surface area contributed by atoms with E-state index in [2.05, 4.69) is 15.0 Å². The molecular formula is C23H24F2N4O6. The Kier molecular flexibility index (Phi) is 8.31. The summed E-state index contributed by atoms with van der Waals surface area (Å²) in [6.07, 6.45) is -4.35. The quantitative estimate of drug-likeness (QED) is 0.412. The lowest BCUT2D eigenvalue weighted by Crippen LogP contribution is -2.46. The number of hydrogen-bond donors (Lipinski definition) is 2. The molecule has 0 spiro atoms. The number of rotatable bonds is 10. The van der Waals surface area contributed by atoms with Crippen molar-refractivity contribution < 1.29 is 28.2 Å². The minimum absolute atomic E-state index is 0.0264. The molecule has 0 aliphatic carbocycles. The maximum Gasteiger partial charge on any atom is 0.355 e. The predicted octanol–water partition coefficient (Wildman–Crippen LogP) is 1.68. The lowest BCUT2D eigenvalue weighted by molar-refractivity contribution is -0.151. The molecule has 0 aliphatic rings. The minimum Gasteiger partial charge on any atom is -0.488 e. The van der Waals surface area contributed by atoms with Crippen molar-refractivity contribution in [3.8, 4) is 5.75 Å². The fourth-order valence-corrected chi connectivity index (χ4v) is 3.11. The van der Waals surface area contributed by atoms with Crippen LogP contribution in [0.4, 0.5) is 20.4 Å². The molecule has 0 bridgehead atoms. The number of aliphatic hydroxyl groups is 1. The van der Waals surface area contributed by atoms with Crippen LogP contribution >= 0.6 is 0 Å². The van der Waals surface area contributed by atoms with Gasteiger partial charge in [0.15, 0.2) is 6.10 Å². The summed E-state index contributed by atoms with van der Waals surface area (Å²) < 4.78 is 35.9. The topological polar surface area (TPSA) is 125 Å². The van der Waals surface area contributed by atoms with E-state index in [1.165, 1.54) is 28.8 Å². The number of aliphatic hydroxyl groups excluding tert-OH is 1. The van der Waals surface area contributed by atoms with Crippen LogP contribution in [0, 0.1) is 6.92 Å². The Balaban J connectivity index is 1.97. The summed E-state index contributed by atoms with van der Waals surface area (Å²) in [6.45, 7) is 0.550. The number of benzene rings is 2. The van der Waals surface area contributed by atoms with E-state index in [0.717, 1.165) is 18.2 Å². The van der Waals surface area contributed by atoms with Crippen molar-refractivity contribution >= 4 is 17.6 Å². The molecule has 35 heavy (non-hydrogen) atoms. The van der Waals surface area contributed by atoms with Gasteiger partial charge in [0.25, 0.3) is 6.43 Å². The molecule has 0 saturated heterocycles. The second-order valence-electron chi connectivity index (χ2n) is 7.57. The molecule has 1 aromatic heterocycles. The van der Waals surface area contributed by atoms with Crippen LogP contribution in [-0.2, 0) is 22.6 Å².